The molecule has 0 N–H and O–H groups in total. The number of benzene rings is 1. The number of carbonyl (C=O) groups is 1. The molecule has 1 unspecified atom stereocenters. The van der Waals surface area contributed by atoms with Crippen LogP contribution in [0.3, 0.4) is 0 Å². The Morgan fingerprint density at radius 1 is 1.35 bits per heavy atom. The van der Waals surface area contributed by atoms with E-state index in [1.807, 2.05) is 6.92 Å². The number of rotatable bonds is 5. The van der Waals surface area contributed by atoms with Gasteiger partial charge in [-0.25, -0.2) is 4.39 Å². The summed E-state index contributed by atoms with van der Waals surface area (Å²) in [6, 6.07) is 6.00. The van der Waals surface area contributed by atoms with Gasteiger partial charge in [0.05, 0.1) is 5.41 Å². The lowest BCUT2D eigenvalue weighted by Crippen LogP contribution is -2.29. The fraction of sp³-hybridized carbons (Fsp3) is 0.500. The van der Waals surface area contributed by atoms with Gasteiger partial charge in [-0.15, -0.1) is 0 Å². The van der Waals surface area contributed by atoms with E-state index in [0.29, 0.717) is 12.3 Å². The summed E-state index contributed by atoms with van der Waals surface area (Å²) in [6.45, 7) is 6.02. The maximum Gasteiger partial charge on any atom is 0.231 e. The molecule has 3 heteroatoms. The van der Waals surface area contributed by atoms with Crippen molar-refractivity contribution in [2.45, 2.75) is 39.0 Å². The summed E-state index contributed by atoms with van der Waals surface area (Å²) in [5.41, 5.74) is 0.0547. The predicted octanol–water partition coefficient (Wildman–Crippen LogP) is 4.29. The van der Waals surface area contributed by atoms with Crippen molar-refractivity contribution in [2.75, 3.05) is 0 Å². The molecule has 17 heavy (non-hydrogen) atoms. The molecule has 0 aliphatic carbocycles. The molecule has 0 heterocycles. The first-order valence-electron chi connectivity index (χ1n) is 5.82. The molecule has 1 rings (SSSR count). The van der Waals surface area contributed by atoms with E-state index in [1.165, 1.54) is 12.1 Å². The lowest BCUT2D eigenvalue weighted by Gasteiger charge is -2.26. The second-order valence-corrected chi connectivity index (χ2v) is 5.39. The van der Waals surface area contributed by atoms with Gasteiger partial charge in [-0.1, -0.05) is 26.0 Å². The van der Waals surface area contributed by atoms with Crippen LogP contribution in [0.2, 0.25) is 0 Å². The Bertz CT molecular complexity index is 386. The molecule has 0 radical (unpaired) electrons. The Morgan fingerprint density at radius 3 is 2.29 bits per heavy atom. The molecule has 1 aromatic rings. The molecule has 0 spiro atoms. The minimum absolute atomic E-state index is 0.304. The van der Waals surface area contributed by atoms with Gasteiger partial charge in [0, 0.05) is 0 Å². The third-order valence-corrected chi connectivity index (χ3v) is 3.55. The van der Waals surface area contributed by atoms with Crippen molar-refractivity contribution in [1.29, 1.82) is 0 Å². The van der Waals surface area contributed by atoms with Gasteiger partial charge in [0.15, 0.2) is 0 Å². The molecule has 0 aliphatic heterocycles. The van der Waals surface area contributed by atoms with E-state index < -0.39 is 5.41 Å². The zero-order valence-electron chi connectivity index (χ0n) is 10.5. The highest BCUT2D eigenvalue weighted by atomic mass is 35.5. The van der Waals surface area contributed by atoms with E-state index >= 15 is 0 Å². The van der Waals surface area contributed by atoms with Gasteiger partial charge in [0.25, 0.3) is 0 Å². The summed E-state index contributed by atoms with van der Waals surface area (Å²) >= 11 is 5.71. The second-order valence-electron chi connectivity index (χ2n) is 5.05. The van der Waals surface area contributed by atoms with Crippen LogP contribution in [-0.2, 0) is 10.2 Å². The third-order valence-electron chi connectivity index (χ3n) is 3.14. The Labute approximate surface area is 107 Å². The van der Waals surface area contributed by atoms with Crippen LogP contribution in [0.4, 0.5) is 4.39 Å². The van der Waals surface area contributed by atoms with Crippen molar-refractivity contribution in [3.8, 4) is 0 Å². The summed E-state index contributed by atoms with van der Waals surface area (Å²) in [5.74, 6) is 0.202. The Hall–Kier alpha value is -0.890. The van der Waals surface area contributed by atoms with Gasteiger partial charge in [0.1, 0.15) is 5.82 Å². The highest BCUT2D eigenvalue weighted by molar-refractivity contribution is 6.65. The predicted molar refractivity (Wildman–Crippen MR) is 68.7 cm³/mol. The number of hydrogen-bond acceptors (Lipinski definition) is 1. The van der Waals surface area contributed by atoms with Gasteiger partial charge >= 0.3 is 0 Å². The van der Waals surface area contributed by atoms with E-state index in [1.54, 1.807) is 12.1 Å². The topological polar surface area (TPSA) is 17.1 Å². The van der Waals surface area contributed by atoms with Crippen molar-refractivity contribution in [3.63, 3.8) is 0 Å². The Morgan fingerprint density at radius 2 is 1.88 bits per heavy atom. The van der Waals surface area contributed by atoms with Gasteiger partial charge < -0.3 is 0 Å². The summed E-state index contributed by atoms with van der Waals surface area (Å²) < 4.78 is 12.9. The monoisotopic (exact) mass is 256 g/mol. The molecule has 0 saturated carbocycles. The summed E-state index contributed by atoms with van der Waals surface area (Å²) in [7, 11) is 0. The van der Waals surface area contributed by atoms with Crippen molar-refractivity contribution >= 4 is 16.8 Å². The maximum atomic E-state index is 12.9. The zero-order chi connectivity index (χ0) is 13.1. The largest absolute Gasteiger partial charge is 0.280 e. The van der Waals surface area contributed by atoms with Crippen LogP contribution in [0.15, 0.2) is 24.3 Å². The van der Waals surface area contributed by atoms with Crippen LogP contribution in [0, 0.1) is 11.7 Å². The lowest BCUT2D eigenvalue weighted by molar-refractivity contribution is -0.116. The fourth-order valence-electron chi connectivity index (χ4n) is 1.75. The van der Waals surface area contributed by atoms with Crippen LogP contribution in [0.1, 0.15) is 39.2 Å². The van der Waals surface area contributed by atoms with E-state index in [2.05, 4.69) is 13.8 Å². The summed E-state index contributed by atoms with van der Waals surface area (Å²) in [6.07, 6.45) is 1.59. The fourth-order valence-corrected chi connectivity index (χ4v) is 1.95. The molecule has 0 amide bonds. The van der Waals surface area contributed by atoms with E-state index in [0.717, 1.165) is 12.0 Å². The van der Waals surface area contributed by atoms with E-state index in [-0.39, 0.29) is 11.1 Å². The zero-order valence-corrected chi connectivity index (χ0v) is 11.2. The first-order chi connectivity index (χ1) is 7.86. The van der Waals surface area contributed by atoms with E-state index in [9.17, 15) is 9.18 Å². The number of carbonyl (C=O) groups excluding carboxylic acids is 1. The first-order valence-corrected chi connectivity index (χ1v) is 6.20. The van der Waals surface area contributed by atoms with Gasteiger partial charge in [-0.2, -0.15) is 0 Å². The van der Waals surface area contributed by atoms with Crippen molar-refractivity contribution in [2.24, 2.45) is 5.92 Å². The minimum atomic E-state index is -0.723. The van der Waals surface area contributed by atoms with Crippen molar-refractivity contribution < 1.29 is 9.18 Å². The molecule has 1 aromatic carbocycles. The van der Waals surface area contributed by atoms with Gasteiger partial charge in [0.2, 0.25) is 5.24 Å². The minimum Gasteiger partial charge on any atom is -0.280 e. The molecule has 0 fully saturated rings. The standard InChI is InChI=1S/C14H18ClFO/c1-10(2)8-9-14(3,13(15)17)11-4-6-12(16)7-5-11/h4-7,10H,8-9H2,1-3H3. The average Bonchev–Trinajstić information content (AvgIpc) is 2.26. The molecule has 94 valence electrons. The van der Waals surface area contributed by atoms with Crippen LogP contribution in [-0.4, -0.2) is 5.24 Å². The number of hydrogen-bond donors (Lipinski definition) is 0. The van der Waals surface area contributed by atoms with Crippen LogP contribution < -0.4 is 0 Å². The molecule has 1 atom stereocenters. The van der Waals surface area contributed by atoms with Gasteiger partial charge in [-0.3, -0.25) is 4.79 Å². The molecule has 0 aromatic heterocycles. The first kappa shape index (κ1) is 14.2. The summed E-state index contributed by atoms with van der Waals surface area (Å²) in [5, 5.41) is -0.384. The van der Waals surface area contributed by atoms with Crippen LogP contribution in [0.25, 0.3) is 0 Å². The Kier molecular flexibility index (Phi) is 4.70. The SMILES string of the molecule is CC(C)CCC(C)(C(=O)Cl)c1ccc(F)cc1. The third kappa shape index (κ3) is 3.53. The van der Waals surface area contributed by atoms with Crippen LogP contribution >= 0.6 is 11.6 Å². The highest BCUT2D eigenvalue weighted by Gasteiger charge is 2.33. The van der Waals surface area contributed by atoms with E-state index in [4.69, 9.17) is 11.6 Å². The Balaban J connectivity index is 2.98. The molecular weight excluding hydrogens is 239 g/mol. The lowest BCUT2D eigenvalue weighted by atomic mass is 9.78. The summed E-state index contributed by atoms with van der Waals surface area (Å²) in [4.78, 5) is 11.6. The maximum absolute atomic E-state index is 12.9. The quantitative estimate of drug-likeness (QED) is 0.719. The van der Waals surface area contributed by atoms with Gasteiger partial charge in [-0.05, 0) is 55.0 Å². The van der Waals surface area contributed by atoms with Crippen molar-refractivity contribution in [1.82, 2.24) is 0 Å². The molecule has 0 saturated heterocycles. The molecule has 1 nitrogen and oxygen atoms in total. The second kappa shape index (κ2) is 5.63. The van der Waals surface area contributed by atoms with Crippen LogP contribution in [0.5, 0.6) is 0 Å². The highest BCUT2D eigenvalue weighted by Crippen LogP contribution is 2.33. The number of halogens is 2. The normalized spacial score (nSPS) is 14.7. The molecule has 0 aliphatic rings. The molecular formula is C14H18ClFO. The average molecular weight is 257 g/mol. The van der Waals surface area contributed by atoms with Crippen molar-refractivity contribution in [3.05, 3.63) is 35.6 Å². The molecule has 0 bridgehead atoms. The smallest absolute Gasteiger partial charge is 0.231 e.